The lowest BCUT2D eigenvalue weighted by molar-refractivity contribution is 0.401. The smallest absolute Gasteiger partial charge is 0.292 e. The lowest BCUT2D eigenvalue weighted by atomic mass is 10.7. The van der Waals surface area contributed by atoms with E-state index >= 15 is 0 Å². The molecule has 0 amide bonds. The van der Waals surface area contributed by atoms with E-state index in [1.54, 1.807) is 0 Å². The molecule has 1 rings (SSSR count). The maximum Gasteiger partial charge on any atom is 0.292 e. The highest BCUT2D eigenvalue weighted by atomic mass is 35.5. The summed E-state index contributed by atoms with van der Waals surface area (Å²) in [5.74, 6) is 0.130. The first-order valence-corrected chi connectivity index (χ1v) is 4.13. The fourth-order valence-electron chi connectivity index (χ4n) is 0.443. The van der Waals surface area contributed by atoms with Gasteiger partial charge in [0.05, 0.1) is 18.1 Å². The van der Waals surface area contributed by atoms with E-state index in [0.717, 1.165) is 0 Å². The number of halogens is 2. The number of hydrogen-bond acceptors (Lipinski definition) is 3. The van der Waals surface area contributed by atoms with Crippen molar-refractivity contribution in [3.05, 3.63) is 9.36 Å². The third-order valence-corrected chi connectivity index (χ3v) is 2.86. The molecule has 0 spiro atoms. The topological polar surface area (TPSA) is 45.2 Å². The van der Waals surface area contributed by atoms with Gasteiger partial charge in [-0.2, -0.15) is 0 Å². The second kappa shape index (κ2) is 2.92. The molecule has 0 aliphatic heterocycles. The minimum Gasteiger partial charge on any atom is -0.567 e. The van der Waals surface area contributed by atoms with E-state index in [0.29, 0.717) is 0 Å². The summed E-state index contributed by atoms with van der Waals surface area (Å²) in [5.41, 5.74) is 0. The first-order chi connectivity index (χ1) is 4.66. The Hall–Kier alpha value is -0.0300. The fourth-order valence-corrected chi connectivity index (χ4v) is 1.63. The molecule has 0 fully saturated rings. The van der Waals surface area contributed by atoms with Crippen LogP contribution in [0.25, 0.3) is 0 Å². The Balaban J connectivity index is 3.17. The van der Waals surface area contributed by atoms with Gasteiger partial charge in [0, 0.05) is 4.37 Å². The Labute approximate surface area is 70.5 Å². The first-order valence-electron chi connectivity index (χ1n) is 2.27. The van der Waals surface area contributed by atoms with Gasteiger partial charge < -0.3 is 9.29 Å². The minimum absolute atomic E-state index is 0.0264. The number of ether oxygens (including phenoxy) is 1. The Morgan fingerprint density at radius 2 is 2.20 bits per heavy atom. The molecule has 0 aliphatic carbocycles. The summed E-state index contributed by atoms with van der Waals surface area (Å²) >= 11 is 11.0. The van der Waals surface area contributed by atoms with Crippen LogP contribution >= 0.6 is 34.1 Å². The standard InChI is InChI=1S/C4H3Cl2NO2S/c1-9-4-2(5)3(6)10(8)7-4/h1H3. The highest BCUT2D eigenvalue weighted by Gasteiger charge is 2.19. The molecule has 1 atom stereocenters. The van der Waals surface area contributed by atoms with E-state index in [4.69, 9.17) is 23.2 Å². The van der Waals surface area contributed by atoms with Gasteiger partial charge >= 0.3 is 0 Å². The van der Waals surface area contributed by atoms with Crippen LogP contribution in [0.2, 0.25) is 9.36 Å². The molecule has 6 heteroatoms. The van der Waals surface area contributed by atoms with Crippen molar-refractivity contribution >= 4 is 34.1 Å². The average Bonchev–Trinajstić information content (AvgIpc) is 2.17. The molecular formula is C4H3Cl2NO2S. The molecule has 0 saturated heterocycles. The van der Waals surface area contributed by atoms with Crippen LogP contribution in [0.15, 0.2) is 0 Å². The van der Waals surface area contributed by atoms with Crippen LogP contribution in [0.1, 0.15) is 0 Å². The average molecular weight is 200 g/mol. The molecule has 3 nitrogen and oxygen atoms in total. The Morgan fingerprint density at radius 3 is 2.40 bits per heavy atom. The maximum atomic E-state index is 10.7. The van der Waals surface area contributed by atoms with Crippen LogP contribution in [0.4, 0.5) is 0 Å². The molecule has 1 unspecified atom stereocenters. The molecule has 1 aromatic heterocycles. The van der Waals surface area contributed by atoms with Gasteiger partial charge in [0.25, 0.3) is 10.2 Å². The van der Waals surface area contributed by atoms with Gasteiger partial charge in [0.15, 0.2) is 5.02 Å². The molecule has 1 aromatic rings. The van der Waals surface area contributed by atoms with E-state index in [9.17, 15) is 4.55 Å². The zero-order chi connectivity index (χ0) is 7.72. The zero-order valence-electron chi connectivity index (χ0n) is 4.93. The molecular weight excluding hydrogens is 197 g/mol. The van der Waals surface area contributed by atoms with Gasteiger partial charge in [-0.3, -0.25) is 0 Å². The molecule has 1 heterocycles. The van der Waals surface area contributed by atoms with Crippen molar-refractivity contribution in [2.75, 3.05) is 7.11 Å². The van der Waals surface area contributed by atoms with Crippen molar-refractivity contribution in [2.45, 2.75) is 0 Å². The molecule has 10 heavy (non-hydrogen) atoms. The summed E-state index contributed by atoms with van der Waals surface area (Å²) in [6.45, 7) is 0. The van der Waals surface area contributed by atoms with Crippen molar-refractivity contribution in [1.29, 1.82) is 0 Å². The number of methoxy groups -OCH3 is 1. The summed E-state index contributed by atoms with van der Waals surface area (Å²) in [5, 5.41) is 0.127. The summed E-state index contributed by atoms with van der Waals surface area (Å²) in [4.78, 5) is 0. The monoisotopic (exact) mass is 199 g/mol. The SMILES string of the molecule is COc1n[s+]([O-])c(Cl)c1Cl. The lowest BCUT2D eigenvalue weighted by Gasteiger charge is -1.86. The Kier molecular flexibility index (Phi) is 2.36. The van der Waals surface area contributed by atoms with Gasteiger partial charge in [-0.25, -0.2) is 0 Å². The maximum absolute atomic E-state index is 10.7. The summed E-state index contributed by atoms with van der Waals surface area (Å²) in [7, 11) is -0.169. The van der Waals surface area contributed by atoms with E-state index in [1.165, 1.54) is 7.11 Å². The van der Waals surface area contributed by atoms with Crippen molar-refractivity contribution < 1.29 is 9.29 Å². The Bertz CT molecular complexity index is 250. The predicted octanol–water partition coefficient (Wildman–Crippen LogP) is 2.12. The quantitative estimate of drug-likeness (QED) is 0.652. The van der Waals surface area contributed by atoms with Crippen LogP contribution in [-0.2, 0) is 0 Å². The van der Waals surface area contributed by atoms with Crippen LogP contribution < -0.4 is 4.74 Å². The molecule has 0 radical (unpaired) electrons. The van der Waals surface area contributed by atoms with Crippen LogP contribution in [0.5, 0.6) is 5.88 Å². The highest BCUT2D eigenvalue weighted by molar-refractivity contribution is 7.24. The van der Waals surface area contributed by atoms with E-state index in [1.807, 2.05) is 0 Å². The predicted molar refractivity (Wildman–Crippen MR) is 39.5 cm³/mol. The zero-order valence-corrected chi connectivity index (χ0v) is 7.26. The summed E-state index contributed by atoms with van der Waals surface area (Å²) < 4.78 is 18.9. The van der Waals surface area contributed by atoms with Crippen molar-refractivity contribution in [2.24, 2.45) is 0 Å². The van der Waals surface area contributed by atoms with E-state index in [2.05, 4.69) is 9.11 Å². The first kappa shape index (κ1) is 8.07. The van der Waals surface area contributed by atoms with Crippen molar-refractivity contribution in [3.8, 4) is 5.88 Å². The number of rotatable bonds is 1. The van der Waals surface area contributed by atoms with Crippen LogP contribution in [0.3, 0.4) is 0 Å². The van der Waals surface area contributed by atoms with Crippen molar-refractivity contribution in [3.63, 3.8) is 0 Å². The fraction of sp³-hybridized carbons (Fsp3) is 0.250. The largest absolute Gasteiger partial charge is 0.567 e. The summed E-state index contributed by atoms with van der Waals surface area (Å²) in [6, 6.07) is 0. The van der Waals surface area contributed by atoms with Crippen LogP contribution in [-0.4, -0.2) is 16.0 Å². The van der Waals surface area contributed by atoms with E-state index in [-0.39, 0.29) is 15.2 Å². The normalized spacial score (nSPS) is 11.8. The third kappa shape index (κ3) is 1.20. The molecule has 0 saturated carbocycles. The molecule has 0 aromatic carbocycles. The second-order valence-electron chi connectivity index (χ2n) is 1.44. The molecule has 0 N–H and O–H groups in total. The third-order valence-electron chi connectivity index (χ3n) is 0.873. The second-order valence-corrected chi connectivity index (χ2v) is 3.51. The highest BCUT2D eigenvalue weighted by Crippen LogP contribution is 2.39. The van der Waals surface area contributed by atoms with Crippen molar-refractivity contribution in [1.82, 2.24) is 4.37 Å². The number of hydrogen-bond donors (Lipinski definition) is 0. The molecule has 56 valence electrons. The van der Waals surface area contributed by atoms with E-state index < -0.39 is 10.9 Å². The molecule has 0 aliphatic rings. The number of aromatic nitrogens is 1. The van der Waals surface area contributed by atoms with Gasteiger partial charge in [0.2, 0.25) is 0 Å². The van der Waals surface area contributed by atoms with Crippen LogP contribution in [0, 0.1) is 0 Å². The molecule has 0 bridgehead atoms. The lowest BCUT2D eigenvalue weighted by Crippen LogP contribution is -1.80. The van der Waals surface area contributed by atoms with Gasteiger partial charge in [-0.15, -0.1) is 0 Å². The van der Waals surface area contributed by atoms with Gasteiger partial charge in [-0.1, -0.05) is 11.6 Å². The Morgan fingerprint density at radius 1 is 1.60 bits per heavy atom. The number of nitrogens with zero attached hydrogens (tertiary/aromatic N) is 1. The minimum atomic E-state index is -1.55. The van der Waals surface area contributed by atoms with Gasteiger partial charge in [0.1, 0.15) is 0 Å². The summed E-state index contributed by atoms with van der Waals surface area (Å²) in [6.07, 6.45) is 0. The van der Waals surface area contributed by atoms with Gasteiger partial charge in [-0.05, 0) is 11.6 Å².